The van der Waals surface area contributed by atoms with Crippen LogP contribution in [0, 0.1) is 0 Å². The standard InChI is InChI=1S/C14H13NO3S2/c1-15(11-6-4-10(5-7-11)14(17)18)12(16)9-20-13-3-2-8-19-13/h2-8H,9H2,1H3,(H,17,18). The first-order valence-corrected chi connectivity index (χ1v) is 7.70. The van der Waals surface area contributed by atoms with Crippen molar-refractivity contribution in [3.05, 3.63) is 47.3 Å². The first kappa shape index (κ1) is 14.6. The molecule has 1 heterocycles. The van der Waals surface area contributed by atoms with E-state index in [0.717, 1.165) is 4.21 Å². The van der Waals surface area contributed by atoms with Crippen LogP contribution in [0.5, 0.6) is 0 Å². The average molecular weight is 307 g/mol. The molecule has 1 aromatic heterocycles. The second-order valence-electron chi connectivity index (χ2n) is 4.03. The monoisotopic (exact) mass is 307 g/mol. The molecule has 1 aromatic carbocycles. The Morgan fingerprint density at radius 3 is 2.50 bits per heavy atom. The molecule has 0 radical (unpaired) electrons. The van der Waals surface area contributed by atoms with Crippen molar-refractivity contribution < 1.29 is 14.7 Å². The van der Waals surface area contributed by atoms with Gasteiger partial charge in [-0.15, -0.1) is 23.1 Å². The molecule has 0 spiro atoms. The Kier molecular flexibility index (Phi) is 4.81. The normalized spacial score (nSPS) is 10.2. The molecule has 0 atom stereocenters. The van der Waals surface area contributed by atoms with Crippen LogP contribution < -0.4 is 4.90 Å². The third-order valence-corrected chi connectivity index (χ3v) is 4.82. The number of carboxylic acid groups (broad SMARTS) is 1. The quantitative estimate of drug-likeness (QED) is 0.862. The highest BCUT2D eigenvalue weighted by Gasteiger charge is 2.12. The minimum absolute atomic E-state index is 0.0218. The minimum atomic E-state index is -0.973. The van der Waals surface area contributed by atoms with Crippen LogP contribution in [0.2, 0.25) is 0 Å². The van der Waals surface area contributed by atoms with E-state index in [-0.39, 0.29) is 11.5 Å². The Bertz CT molecular complexity index is 593. The predicted molar refractivity (Wildman–Crippen MR) is 81.9 cm³/mol. The summed E-state index contributed by atoms with van der Waals surface area (Å²) in [7, 11) is 1.69. The zero-order valence-electron chi connectivity index (χ0n) is 10.8. The van der Waals surface area contributed by atoms with Crippen molar-refractivity contribution in [2.24, 2.45) is 0 Å². The van der Waals surface area contributed by atoms with Gasteiger partial charge in [-0.25, -0.2) is 4.79 Å². The van der Waals surface area contributed by atoms with Gasteiger partial charge in [0.05, 0.1) is 15.5 Å². The Labute approximate surface area is 125 Å². The number of aromatic carboxylic acids is 1. The van der Waals surface area contributed by atoms with Crippen molar-refractivity contribution in [1.29, 1.82) is 0 Å². The number of carboxylic acids is 1. The first-order valence-electron chi connectivity index (χ1n) is 5.84. The molecular weight excluding hydrogens is 294 g/mol. The number of nitrogens with zero attached hydrogens (tertiary/aromatic N) is 1. The first-order chi connectivity index (χ1) is 9.58. The highest BCUT2D eigenvalue weighted by molar-refractivity contribution is 8.01. The summed E-state index contributed by atoms with van der Waals surface area (Å²) in [6.07, 6.45) is 0. The number of carbonyl (C=O) groups is 2. The van der Waals surface area contributed by atoms with Gasteiger partial charge in [0.1, 0.15) is 0 Å². The van der Waals surface area contributed by atoms with Gasteiger partial charge in [-0.05, 0) is 35.7 Å². The number of hydrogen-bond donors (Lipinski definition) is 1. The fraction of sp³-hybridized carbons (Fsp3) is 0.143. The summed E-state index contributed by atoms with van der Waals surface area (Å²) in [6, 6.07) is 10.2. The van der Waals surface area contributed by atoms with Crippen LogP contribution in [0.25, 0.3) is 0 Å². The lowest BCUT2D eigenvalue weighted by molar-refractivity contribution is -0.115. The number of rotatable bonds is 5. The molecule has 0 saturated heterocycles. The van der Waals surface area contributed by atoms with Crippen molar-refractivity contribution in [2.75, 3.05) is 17.7 Å². The molecule has 0 fully saturated rings. The lowest BCUT2D eigenvalue weighted by Crippen LogP contribution is -2.27. The van der Waals surface area contributed by atoms with Gasteiger partial charge in [-0.3, -0.25) is 4.79 Å². The van der Waals surface area contributed by atoms with Gasteiger partial charge in [0.25, 0.3) is 0 Å². The van der Waals surface area contributed by atoms with E-state index in [9.17, 15) is 9.59 Å². The van der Waals surface area contributed by atoms with Crippen LogP contribution in [0.3, 0.4) is 0 Å². The summed E-state index contributed by atoms with van der Waals surface area (Å²) in [5.74, 6) is -0.636. The van der Waals surface area contributed by atoms with Gasteiger partial charge in [0.15, 0.2) is 0 Å². The second-order valence-corrected chi connectivity index (χ2v) is 6.25. The van der Waals surface area contributed by atoms with Crippen molar-refractivity contribution >= 4 is 40.7 Å². The SMILES string of the molecule is CN(C(=O)CSc1cccs1)c1ccc(C(=O)O)cc1. The van der Waals surface area contributed by atoms with Gasteiger partial charge < -0.3 is 10.0 Å². The smallest absolute Gasteiger partial charge is 0.335 e. The maximum Gasteiger partial charge on any atom is 0.335 e. The number of benzene rings is 1. The van der Waals surface area contributed by atoms with Gasteiger partial charge in [0.2, 0.25) is 5.91 Å². The molecule has 2 rings (SSSR count). The number of hydrogen-bond acceptors (Lipinski definition) is 4. The zero-order chi connectivity index (χ0) is 14.5. The molecule has 0 saturated carbocycles. The maximum absolute atomic E-state index is 12.1. The summed E-state index contributed by atoms with van der Waals surface area (Å²) in [6.45, 7) is 0. The topological polar surface area (TPSA) is 57.6 Å². The molecule has 0 aliphatic rings. The van der Waals surface area contributed by atoms with E-state index in [1.807, 2.05) is 17.5 Å². The fourth-order valence-corrected chi connectivity index (χ4v) is 3.25. The van der Waals surface area contributed by atoms with Gasteiger partial charge in [-0.2, -0.15) is 0 Å². The Balaban J connectivity index is 1.97. The van der Waals surface area contributed by atoms with Crippen LogP contribution in [0.15, 0.2) is 46.0 Å². The molecular formula is C14H13NO3S2. The molecule has 20 heavy (non-hydrogen) atoms. The Morgan fingerprint density at radius 2 is 1.95 bits per heavy atom. The Morgan fingerprint density at radius 1 is 1.25 bits per heavy atom. The van der Waals surface area contributed by atoms with Crippen molar-refractivity contribution in [3.63, 3.8) is 0 Å². The number of thioether (sulfide) groups is 1. The summed E-state index contributed by atoms with van der Waals surface area (Å²) in [4.78, 5) is 24.4. The summed E-state index contributed by atoms with van der Waals surface area (Å²) >= 11 is 3.10. The predicted octanol–water partition coefficient (Wildman–Crippen LogP) is 3.20. The van der Waals surface area contributed by atoms with Gasteiger partial charge in [-0.1, -0.05) is 6.07 Å². The summed E-state index contributed by atoms with van der Waals surface area (Å²) < 4.78 is 1.10. The largest absolute Gasteiger partial charge is 0.478 e. The molecule has 0 unspecified atom stereocenters. The van der Waals surface area contributed by atoms with Crippen LogP contribution in [0.4, 0.5) is 5.69 Å². The Hall–Kier alpha value is -1.79. The van der Waals surface area contributed by atoms with E-state index < -0.39 is 5.97 Å². The average Bonchev–Trinajstić information content (AvgIpc) is 2.97. The lowest BCUT2D eigenvalue weighted by atomic mass is 10.2. The highest BCUT2D eigenvalue weighted by atomic mass is 32.2. The van der Waals surface area contributed by atoms with E-state index >= 15 is 0 Å². The molecule has 6 heteroatoms. The molecule has 1 amide bonds. The highest BCUT2D eigenvalue weighted by Crippen LogP contribution is 2.24. The van der Waals surface area contributed by atoms with Crippen LogP contribution >= 0.6 is 23.1 Å². The van der Waals surface area contributed by atoms with E-state index in [0.29, 0.717) is 11.4 Å². The number of anilines is 1. The van der Waals surface area contributed by atoms with Crippen LogP contribution in [-0.2, 0) is 4.79 Å². The second kappa shape index (κ2) is 6.58. The summed E-state index contributed by atoms with van der Waals surface area (Å²) in [5.41, 5.74) is 0.898. The molecule has 0 bridgehead atoms. The maximum atomic E-state index is 12.1. The van der Waals surface area contributed by atoms with E-state index in [1.54, 1.807) is 30.5 Å². The third-order valence-electron chi connectivity index (χ3n) is 2.71. The van der Waals surface area contributed by atoms with Crippen LogP contribution in [0.1, 0.15) is 10.4 Å². The number of thiophene rings is 1. The summed E-state index contributed by atoms with van der Waals surface area (Å²) in [5, 5.41) is 10.8. The fourth-order valence-electron chi connectivity index (χ4n) is 1.55. The number of carbonyl (C=O) groups excluding carboxylic acids is 1. The van der Waals surface area contributed by atoms with Gasteiger partial charge in [0, 0.05) is 12.7 Å². The van der Waals surface area contributed by atoms with Crippen molar-refractivity contribution in [3.8, 4) is 0 Å². The molecule has 104 valence electrons. The molecule has 4 nitrogen and oxygen atoms in total. The van der Waals surface area contributed by atoms with Gasteiger partial charge >= 0.3 is 5.97 Å². The molecule has 0 aliphatic heterocycles. The van der Waals surface area contributed by atoms with E-state index in [2.05, 4.69) is 0 Å². The van der Waals surface area contributed by atoms with E-state index in [1.165, 1.54) is 28.8 Å². The molecule has 2 aromatic rings. The van der Waals surface area contributed by atoms with Crippen LogP contribution in [-0.4, -0.2) is 29.8 Å². The third kappa shape index (κ3) is 3.61. The minimum Gasteiger partial charge on any atom is -0.478 e. The van der Waals surface area contributed by atoms with Crippen molar-refractivity contribution in [2.45, 2.75) is 4.21 Å². The zero-order valence-corrected chi connectivity index (χ0v) is 12.4. The molecule has 0 aliphatic carbocycles. The lowest BCUT2D eigenvalue weighted by Gasteiger charge is -2.17. The van der Waals surface area contributed by atoms with E-state index in [4.69, 9.17) is 5.11 Å². The van der Waals surface area contributed by atoms with Crippen molar-refractivity contribution in [1.82, 2.24) is 0 Å². The molecule has 1 N–H and O–H groups in total. The number of amides is 1.